The highest BCUT2D eigenvalue weighted by Gasteiger charge is 2.12. The maximum absolute atomic E-state index is 12.0. The van der Waals surface area contributed by atoms with E-state index in [4.69, 9.17) is 0 Å². The SMILES string of the molecule is CCCn1c(C)nnc1CN(C)Cc1nc2ccsc2c(=O)[nH]1. The van der Waals surface area contributed by atoms with Crippen LogP contribution in [0.2, 0.25) is 0 Å². The average Bonchev–Trinajstić information content (AvgIpc) is 3.09. The normalized spacial score (nSPS) is 11.7. The van der Waals surface area contributed by atoms with Gasteiger partial charge in [0.25, 0.3) is 5.56 Å². The van der Waals surface area contributed by atoms with Crippen molar-refractivity contribution in [1.29, 1.82) is 0 Å². The molecule has 0 bridgehead atoms. The first-order chi connectivity index (χ1) is 11.1. The van der Waals surface area contributed by atoms with Gasteiger partial charge in [0.15, 0.2) is 0 Å². The first-order valence-electron chi connectivity index (χ1n) is 7.62. The molecular formula is C15H20N6OS. The Labute approximate surface area is 138 Å². The summed E-state index contributed by atoms with van der Waals surface area (Å²) in [5.41, 5.74) is 0.686. The minimum Gasteiger partial charge on any atom is -0.314 e. The quantitative estimate of drug-likeness (QED) is 0.746. The smallest absolute Gasteiger partial charge is 0.268 e. The van der Waals surface area contributed by atoms with Crippen molar-refractivity contribution in [2.45, 2.75) is 39.9 Å². The highest BCUT2D eigenvalue weighted by atomic mass is 32.1. The number of aromatic amines is 1. The first-order valence-corrected chi connectivity index (χ1v) is 8.50. The Balaban J connectivity index is 1.76. The lowest BCUT2D eigenvalue weighted by molar-refractivity contribution is 0.296. The Morgan fingerprint density at radius 2 is 2.17 bits per heavy atom. The second-order valence-corrected chi connectivity index (χ2v) is 6.55. The molecule has 0 unspecified atom stereocenters. The summed E-state index contributed by atoms with van der Waals surface area (Å²) in [5, 5.41) is 10.3. The Morgan fingerprint density at radius 1 is 1.35 bits per heavy atom. The molecule has 0 aromatic carbocycles. The molecule has 122 valence electrons. The van der Waals surface area contributed by atoms with Crippen LogP contribution in [0.4, 0.5) is 0 Å². The molecule has 0 atom stereocenters. The van der Waals surface area contributed by atoms with E-state index in [9.17, 15) is 4.79 Å². The predicted octanol–water partition coefficient (Wildman–Crippen LogP) is 1.93. The van der Waals surface area contributed by atoms with Crippen molar-refractivity contribution in [3.63, 3.8) is 0 Å². The lowest BCUT2D eigenvalue weighted by Gasteiger charge is -2.16. The lowest BCUT2D eigenvalue weighted by Crippen LogP contribution is -2.23. The monoisotopic (exact) mass is 332 g/mol. The van der Waals surface area contributed by atoms with Crippen LogP contribution in [0.25, 0.3) is 10.2 Å². The Kier molecular flexibility index (Phi) is 4.53. The van der Waals surface area contributed by atoms with Gasteiger partial charge in [0, 0.05) is 6.54 Å². The zero-order chi connectivity index (χ0) is 16.4. The highest BCUT2D eigenvalue weighted by Crippen LogP contribution is 2.14. The number of H-pyrrole nitrogens is 1. The van der Waals surface area contributed by atoms with Crippen LogP contribution in [0.1, 0.15) is 30.8 Å². The van der Waals surface area contributed by atoms with Crippen LogP contribution in [0.15, 0.2) is 16.2 Å². The van der Waals surface area contributed by atoms with Gasteiger partial charge in [0.2, 0.25) is 0 Å². The molecule has 3 aromatic heterocycles. The molecular weight excluding hydrogens is 312 g/mol. The Morgan fingerprint density at radius 3 is 2.96 bits per heavy atom. The van der Waals surface area contributed by atoms with Crippen molar-refractivity contribution in [3.05, 3.63) is 39.3 Å². The van der Waals surface area contributed by atoms with Gasteiger partial charge in [0.05, 0.1) is 18.6 Å². The van der Waals surface area contributed by atoms with Crippen LogP contribution in [-0.4, -0.2) is 36.7 Å². The largest absolute Gasteiger partial charge is 0.314 e. The summed E-state index contributed by atoms with van der Waals surface area (Å²) in [4.78, 5) is 21.5. The van der Waals surface area contributed by atoms with Crippen LogP contribution < -0.4 is 5.56 Å². The molecule has 0 spiro atoms. The number of aryl methyl sites for hydroxylation is 1. The lowest BCUT2D eigenvalue weighted by atomic mass is 10.4. The molecule has 0 saturated heterocycles. The molecule has 0 saturated carbocycles. The van der Waals surface area contributed by atoms with Crippen molar-refractivity contribution in [2.75, 3.05) is 7.05 Å². The third-order valence-corrected chi connectivity index (χ3v) is 4.56. The number of aromatic nitrogens is 5. The van der Waals surface area contributed by atoms with E-state index in [0.29, 0.717) is 23.6 Å². The molecule has 3 aromatic rings. The first kappa shape index (κ1) is 15.8. The summed E-state index contributed by atoms with van der Waals surface area (Å²) < 4.78 is 2.81. The third-order valence-electron chi connectivity index (χ3n) is 3.65. The van der Waals surface area contributed by atoms with Gasteiger partial charge in [-0.05, 0) is 31.8 Å². The topological polar surface area (TPSA) is 79.7 Å². The van der Waals surface area contributed by atoms with Crippen molar-refractivity contribution in [2.24, 2.45) is 0 Å². The van der Waals surface area contributed by atoms with Gasteiger partial charge in [-0.25, -0.2) is 4.98 Å². The zero-order valence-corrected chi connectivity index (χ0v) is 14.4. The van der Waals surface area contributed by atoms with Gasteiger partial charge >= 0.3 is 0 Å². The minimum atomic E-state index is -0.0709. The van der Waals surface area contributed by atoms with Crippen molar-refractivity contribution < 1.29 is 0 Å². The molecule has 3 rings (SSSR count). The fraction of sp³-hybridized carbons (Fsp3) is 0.467. The highest BCUT2D eigenvalue weighted by molar-refractivity contribution is 7.17. The van der Waals surface area contributed by atoms with Crippen LogP contribution in [0, 0.1) is 6.92 Å². The summed E-state index contributed by atoms with van der Waals surface area (Å²) in [5.74, 6) is 2.54. The maximum Gasteiger partial charge on any atom is 0.268 e. The van der Waals surface area contributed by atoms with Crippen molar-refractivity contribution >= 4 is 21.6 Å². The zero-order valence-electron chi connectivity index (χ0n) is 13.5. The standard InChI is InChI=1S/C15H20N6OS/c1-4-6-21-10(2)18-19-13(21)9-20(3)8-12-16-11-5-7-23-14(11)15(22)17-12/h5,7H,4,6,8-9H2,1-3H3,(H,16,17,22). The number of rotatable bonds is 6. The molecule has 1 N–H and O–H groups in total. The molecule has 8 heteroatoms. The molecule has 0 aliphatic heterocycles. The van der Waals surface area contributed by atoms with Gasteiger partial charge in [0.1, 0.15) is 22.2 Å². The van der Waals surface area contributed by atoms with Crippen LogP contribution in [0.5, 0.6) is 0 Å². The number of hydrogen-bond donors (Lipinski definition) is 1. The second kappa shape index (κ2) is 6.59. The van der Waals surface area contributed by atoms with E-state index in [-0.39, 0.29) is 5.56 Å². The summed E-state index contributed by atoms with van der Waals surface area (Å²) in [6.45, 7) is 6.23. The minimum absolute atomic E-state index is 0.0709. The number of fused-ring (bicyclic) bond motifs is 1. The van der Waals surface area contributed by atoms with E-state index >= 15 is 0 Å². The predicted molar refractivity (Wildman–Crippen MR) is 90.5 cm³/mol. The molecule has 0 fully saturated rings. The van der Waals surface area contributed by atoms with Gasteiger partial charge in [-0.15, -0.1) is 21.5 Å². The molecule has 7 nitrogen and oxygen atoms in total. The summed E-state index contributed by atoms with van der Waals surface area (Å²) in [6.07, 6.45) is 1.04. The van der Waals surface area contributed by atoms with E-state index in [1.807, 2.05) is 25.4 Å². The molecule has 0 aliphatic rings. The number of nitrogens with zero attached hydrogens (tertiary/aromatic N) is 5. The maximum atomic E-state index is 12.0. The van der Waals surface area contributed by atoms with Gasteiger partial charge in [-0.3, -0.25) is 9.69 Å². The van der Waals surface area contributed by atoms with E-state index in [1.54, 1.807) is 0 Å². The number of hydrogen-bond acceptors (Lipinski definition) is 6. The van der Waals surface area contributed by atoms with Crippen LogP contribution in [0.3, 0.4) is 0 Å². The molecule has 0 radical (unpaired) electrons. The fourth-order valence-corrected chi connectivity index (χ4v) is 3.33. The molecule has 0 amide bonds. The van der Waals surface area contributed by atoms with Crippen LogP contribution in [-0.2, 0) is 19.6 Å². The summed E-state index contributed by atoms with van der Waals surface area (Å²) in [6, 6.07) is 1.87. The van der Waals surface area contributed by atoms with Crippen LogP contribution >= 0.6 is 11.3 Å². The van der Waals surface area contributed by atoms with Crippen molar-refractivity contribution in [1.82, 2.24) is 29.6 Å². The molecule has 3 heterocycles. The van der Waals surface area contributed by atoms with E-state index in [1.165, 1.54) is 11.3 Å². The summed E-state index contributed by atoms with van der Waals surface area (Å²) in [7, 11) is 1.98. The molecule has 23 heavy (non-hydrogen) atoms. The van der Waals surface area contributed by atoms with Gasteiger partial charge in [-0.2, -0.15) is 0 Å². The Bertz CT molecular complexity index is 864. The van der Waals surface area contributed by atoms with Gasteiger partial charge in [-0.1, -0.05) is 6.92 Å². The van der Waals surface area contributed by atoms with E-state index in [2.05, 4.69) is 36.6 Å². The number of nitrogens with one attached hydrogen (secondary N) is 1. The van der Waals surface area contributed by atoms with E-state index < -0.39 is 0 Å². The molecule has 0 aliphatic carbocycles. The second-order valence-electron chi connectivity index (χ2n) is 5.63. The van der Waals surface area contributed by atoms with Crippen molar-refractivity contribution in [3.8, 4) is 0 Å². The third kappa shape index (κ3) is 3.32. The van der Waals surface area contributed by atoms with E-state index in [0.717, 1.165) is 30.1 Å². The average molecular weight is 332 g/mol. The number of thiophene rings is 1. The van der Waals surface area contributed by atoms with Gasteiger partial charge < -0.3 is 9.55 Å². The fourth-order valence-electron chi connectivity index (χ4n) is 2.61. The summed E-state index contributed by atoms with van der Waals surface area (Å²) >= 11 is 1.41. The Hall–Kier alpha value is -2.06.